The average Bonchev–Trinajstić information content (AvgIpc) is 2.46. The number of amides is 2. The van der Waals surface area contributed by atoms with Crippen LogP contribution in [0.25, 0.3) is 0 Å². The molecule has 4 heteroatoms. The van der Waals surface area contributed by atoms with Crippen molar-refractivity contribution in [1.29, 1.82) is 0 Å². The minimum absolute atomic E-state index is 0.0869. The van der Waals surface area contributed by atoms with Gasteiger partial charge < -0.3 is 15.3 Å². The van der Waals surface area contributed by atoms with Gasteiger partial charge in [-0.2, -0.15) is 0 Å². The standard InChI is InChI=1S/C17H32N2O2/c1-13(20)15-6-10-19(11-7-15)16(21)18-12-14-4-8-17(2,3)9-5-14/h13-15,20H,4-12H2,1-3H3,(H,18,21). The van der Waals surface area contributed by atoms with E-state index in [1.54, 1.807) is 0 Å². The number of rotatable bonds is 3. The second-order valence-corrected chi connectivity index (χ2v) is 7.86. The fourth-order valence-corrected chi connectivity index (χ4v) is 3.59. The van der Waals surface area contributed by atoms with Crippen LogP contribution in [0.2, 0.25) is 0 Å². The van der Waals surface area contributed by atoms with Crippen molar-refractivity contribution in [3.8, 4) is 0 Å². The molecule has 2 N–H and O–H groups in total. The van der Waals surface area contributed by atoms with E-state index in [1.165, 1.54) is 25.7 Å². The zero-order valence-corrected chi connectivity index (χ0v) is 13.9. The van der Waals surface area contributed by atoms with Gasteiger partial charge in [0.15, 0.2) is 0 Å². The summed E-state index contributed by atoms with van der Waals surface area (Å²) in [7, 11) is 0. The Hall–Kier alpha value is -0.770. The second-order valence-electron chi connectivity index (χ2n) is 7.86. The van der Waals surface area contributed by atoms with E-state index in [9.17, 15) is 9.90 Å². The summed E-state index contributed by atoms with van der Waals surface area (Å²) in [5.74, 6) is 1.01. The maximum atomic E-state index is 12.2. The average molecular weight is 296 g/mol. The number of aliphatic hydroxyl groups excluding tert-OH is 1. The molecule has 0 aromatic heterocycles. The minimum atomic E-state index is -0.249. The topological polar surface area (TPSA) is 52.6 Å². The summed E-state index contributed by atoms with van der Waals surface area (Å²) in [5.41, 5.74) is 0.489. The van der Waals surface area contributed by atoms with Gasteiger partial charge in [-0.1, -0.05) is 13.8 Å². The van der Waals surface area contributed by atoms with Crippen LogP contribution in [0, 0.1) is 17.3 Å². The molecule has 1 atom stereocenters. The van der Waals surface area contributed by atoms with Crippen molar-refractivity contribution in [2.24, 2.45) is 17.3 Å². The first-order valence-electron chi connectivity index (χ1n) is 8.58. The molecule has 21 heavy (non-hydrogen) atoms. The molecule has 1 aliphatic heterocycles. The van der Waals surface area contributed by atoms with Gasteiger partial charge in [0.1, 0.15) is 0 Å². The Morgan fingerprint density at radius 2 is 1.81 bits per heavy atom. The van der Waals surface area contributed by atoms with Gasteiger partial charge >= 0.3 is 6.03 Å². The lowest BCUT2D eigenvalue weighted by atomic mass is 9.73. The minimum Gasteiger partial charge on any atom is -0.393 e. The quantitative estimate of drug-likeness (QED) is 0.841. The molecule has 2 rings (SSSR count). The normalized spacial score (nSPS) is 25.6. The molecule has 4 nitrogen and oxygen atoms in total. The molecule has 1 unspecified atom stereocenters. The fraction of sp³-hybridized carbons (Fsp3) is 0.941. The summed E-state index contributed by atoms with van der Waals surface area (Å²) in [4.78, 5) is 14.1. The first kappa shape index (κ1) is 16.6. The molecule has 0 radical (unpaired) electrons. The molecule has 0 aromatic rings. The van der Waals surface area contributed by atoms with Crippen LogP contribution in [-0.4, -0.2) is 41.8 Å². The zero-order valence-electron chi connectivity index (χ0n) is 13.9. The lowest BCUT2D eigenvalue weighted by Gasteiger charge is -2.36. The highest BCUT2D eigenvalue weighted by Crippen LogP contribution is 2.37. The number of piperidine rings is 1. The third-order valence-corrected chi connectivity index (χ3v) is 5.51. The SMILES string of the molecule is CC(O)C1CCN(C(=O)NCC2CCC(C)(C)CC2)CC1. The van der Waals surface area contributed by atoms with Gasteiger partial charge in [0.25, 0.3) is 0 Å². The molecular weight excluding hydrogens is 264 g/mol. The third kappa shape index (κ3) is 4.87. The summed E-state index contributed by atoms with van der Waals surface area (Å²) in [6, 6.07) is 0.0869. The lowest BCUT2D eigenvalue weighted by molar-refractivity contribution is 0.0793. The summed E-state index contributed by atoms with van der Waals surface area (Å²) in [6.45, 7) is 8.91. The van der Waals surface area contributed by atoms with Gasteiger partial charge in [-0.25, -0.2) is 4.79 Å². The number of carbonyl (C=O) groups is 1. The lowest BCUT2D eigenvalue weighted by Crippen LogP contribution is -2.47. The van der Waals surface area contributed by atoms with Crippen LogP contribution in [0.3, 0.4) is 0 Å². The van der Waals surface area contributed by atoms with Crippen molar-refractivity contribution < 1.29 is 9.90 Å². The number of nitrogens with zero attached hydrogens (tertiary/aromatic N) is 1. The van der Waals surface area contributed by atoms with Gasteiger partial charge in [0.05, 0.1) is 6.10 Å². The van der Waals surface area contributed by atoms with Gasteiger partial charge in [-0.3, -0.25) is 0 Å². The molecule has 122 valence electrons. The van der Waals surface area contributed by atoms with E-state index in [-0.39, 0.29) is 12.1 Å². The summed E-state index contributed by atoms with van der Waals surface area (Å²) in [6.07, 6.45) is 6.60. The second kappa shape index (κ2) is 6.99. The molecule has 2 aliphatic rings. The van der Waals surface area contributed by atoms with Gasteiger partial charge in [0.2, 0.25) is 0 Å². The first-order chi connectivity index (χ1) is 9.87. The molecular formula is C17H32N2O2. The van der Waals surface area contributed by atoms with Crippen molar-refractivity contribution >= 4 is 6.03 Å². The predicted octanol–water partition coefficient (Wildman–Crippen LogP) is 3.01. The van der Waals surface area contributed by atoms with Gasteiger partial charge in [0, 0.05) is 19.6 Å². The Morgan fingerprint density at radius 1 is 1.24 bits per heavy atom. The molecule has 0 bridgehead atoms. The van der Waals surface area contributed by atoms with E-state index in [4.69, 9.17) is 0 Å². The van der Waals surface area contributed by atoms with Crippen LogP contribution in [0.4, 0.5) is 4.79 Å². The van der Waals surface area contributed by atoms with Crippen LogP contribution in [0.15, 0.2) is 0 Å². The molecule has 1 saturated heterocycles. The first-order valence-corrected chi connectivity index (χ1v) is 8.58. The maximum Gasteiger partial charge on any atom is 0.317 e. The van der Waals surface area contributed by atoms with E-state index in [1.807, 2.05) is 11.8 Å². The number of hydrogen-bond acceptors (Lipinski definition) is 2. The van der Waals surface area contributed by atoms with Crippen LogP contribution < -0.4 is 5.32 Å². The number of aliphatic hydroxyl groups is 1. The fourth-order valence-electron chi connectivity index (χ4n) is 3.59. The van der Waals surface area contributed by atoms with Crippen molar-refractivity contribution in [2.75, 3.05) is 19.6 Å². The van der Waals surface area contributed by atoms with Gasteiger partial charge in [-0.15, -0.1) is 0 Å². The van der Waals surface area contributed by atoms with Crippen molar-refractivity contribution in [2.45, 2.75) is 65.4 Å². The summed E-state index contributed by atoms with van der Waals surface area (Å²) in [5, 5.41) is 12.7. The molecule has 0 aromatic carbocycles. The predicted molar refractivity (Wildman–Crippen MR) is 85.1 cm³/mol. The van der Waals surface area contributed by atoms with Gasteiger partial charge in [-0.05, 0) is 62.7 Å². The smallest absolute Gasteiger partial charge is 0.317 e. The van der Waals surface area contributed by atoms with Crippen molar-refractivity contribution in [3.63, 3.8) is 0 Å². The summed E-state index contributed by atoms with van der Waals surface area (Å²) < 4.78 is 0. The largest absolute Gasteiger partial charge is 0.393 e. The van der Waals surface area contributed by atoms with E-state index in [2.05, 4.69) is 19.2 Å². The molecule has 1 heterocycles. The Labute approximate surface area is 129 Å². The Morgan fingerprint density at radius 3 is 2.33 bits per heavy atom. The zero-order chi connectivity index (χ0) is 15.5. The molecule has 0 spiro atoms. The number of likely N-dealkylation sites (tertiary alicyclic amines) is 1. The number of nitrogens with one attached hydrogen (secondary N) is 1. The van der Waals surface area contributed by atoms with Crippen molar-refractivity contribution in [3.05, 3.63) is 0 Å². The Bertz CT molecular complexity index is 337. The highest BCUT2D eigenvalue weighted by Gasteiger charge is 2.28. The maximum absolute atomic E-state index is 12.2. The van der Waals surface area contributed by atoms with E-state index >= 15 is 0 Å². The van der Waals surface area contributed by atoms with Crippen LogP contribution in [0.1, 0.15) is 59.3 Å². The van der Waals surface area contributed by atoms with E-state index < -0.39 is 0 Å². The van der Waals surface area contributed by atoms with Crippen molar-refractivity contribution in [1.82, 2.24) is 10.2 Å². The molecule has 2 fully saturated rings. The Balaban J connectivity index is 1.66. The van der Waals surface area contributed by atoms with Crippen LogP contribution in [-0.2, 0) is 0 Å². The van der Waals surface area contributed by atoms with E-state index in [0.717, 1.165) is 32.5 Å². The molecule has 2 amide bonds. The number of urea groups is 1. The molecule has 1 aliphatic carbocycles. The monoisotopic (exact) mass is 296 g/mol. The van der Waals surface area contributed by atoms with Crippen LogP contribution >= 0.6 is 0 Å². The summed E-state index contributed by atoms with van der Waals surface area (Å²) >= 11 is 0. The van der Waals surface area contributed by atoms with Crippen LogP contribution in [0.5, 0.6) is 0 Å². The number of hydrogen-bond donors (Lipinski definition) is 2. The Kier molecular flexibility index (Phi) is 5.53. The molecule has 1 saturated carbocycles. The highest BCUT2D eigenvalue weighted by molar-refractivity contribution is 5.74. The third-order valence-electron chi connectivity index (χ3n) is 5.51. The van der Waals surface area contributed by atoms with E-state index in [0.29, 0.717) is 17.3 Å². The number of carbonyl (C=O) groups excluding carboxylic acids is 1. The highest BCUT2D eigenvalue weighted by atomic mass is 16.3.